The third-order valence-electron chi connectivity index (χ3n) is 11.3. The normalized spacial score (nSPS) is 19.9. The third-order valence-corrected chi connectivity index (χ3v) is 11.3. The molecule has 2 saturated carbocycles. The van der Waals surface area contributed by atoms with Crippen LogP contribution in [0.1, 0.15) is 83.5 Å². The zero-order valence-corrected chi connectivity index (χ0v) is 31.9. The van der Waals surface area contributed by atoms with Gasteiger partial charge in [-0.3, -0.25) is 19.2 Å². The summed E-state index contributed by atoms with van der Waals surface area (Å²) in [7, 11) is 3.72. The lowest BCUT2D eigenvalue weighted by Crippen LogP contribution is -2.50. The highest BCUT2D eigenvalue weighted by Gasteiger charge is 2.34. The van der Waals surface area contributed by atoms with E-state index in [1.807, 2.05) is 108 Å². The predicted octanol–water partition coefficient (Wildman–Crippen LogP) is 5.76. The molecule has 3 aromatic carbocycles. The number of rotatable bonds is 10. The van der Waals surface area contributed by atoms with Crippen LogP contribution in [0, 0.1) is 23.2 Å². The Morgan fingerprint density at radius 1 is 0.714 bits per heavy atom. The number of aromatic nitrogens is 2. The van der Waals surface area contributed by atoms with Crippen molar-refractivity contribution in [1.29, 1.82) is 5.26 Å². The van der Waals surface area contributed by atoms with Crippen molar-refractivity contribution in [3.63, 3.8) is 0 Å². The third kappa shape index (κ3) is 9.12. The molecule has 2 aliphatic carbocycles. The van der Waals surface area contributed by atoms with Crippen LogP contribution in [0.2, 0.25) is 0 Å². The first-order chi connectivity index (χ1) is 27.1. The summed E-state index contributed by atoms with van der Waals surface area (Å²) in [6.07, 6.45) is 6.89. The molecule has 56 heavy (non-hydrogen) atoms. The lowest BCUT2D eigenvalue weighted by Gasteiger charge is -2.32. The van der Waals surface area contributed by atoms with E-state index in [1.165, 1.54) is 0 Å². The molecule has 5 aromatic rings. The van der Waals surface area contributed by atoms with E-state index >= 15 is 0 Å². The second kappa shape index (κ2) is 18.1. The lowest BCUT2D eigenvalue weighted by molar-refractivity contribution is -0.143. The van der Waals surface area contributed by atoms with Gasteiger partial charge in [-0.15, -0.1) is 0 Å². The molecule has 2 heterocycles. The molecule has 0 aliphatic heterocycles. The van der Waals surface area contributed by atoms with Gasteiger partial charge in [0.25, 0.3) is 11.8 Å². The number of fused-ring (bicyclic) bond motifs is 2. The van der Waals surface area contributed by atoms with Gasteiger partial charge in [-0.05, 0) is 61.1 Å². The SMILES string of the molecule is Cn1c(C(=O)N[C@H]2CCCC[C@H]2C(=O)NC(C#N)Cc2ccc(CO)cc2)cc2ccccc21.Cn1c(C(=O)N[C@H]2CCCC[C@H]2C(=O)O)cc2ccccc21. The number of carbonyl (C=O) groups is 4. The molecule has 2 fully saturated rings. The van der Waals surface area contributed by atoms with Crippen LogP contribution >= 0.6 is 0 Å². The second-order valence-corrected chi connectivity index (χ2v) is 14.9. The largest absolute Gasteiger partial charge is 0.481 e. The van der Waals surface area contributed by atoms with Crippen LogP contribution in [-0.4, -0.2) is 61.2 Å². The molecular formula is C44H50N6O6. The molecule has 5 N–H and O–H groups in total. The minimum absolute atomic E-state index is 0.0355. The topological polar surface area (TPSA) is 178 Å². The summed E-state index contributed by atoms with van der Waals surface area (Å²) in [5, 5.41) is 39.0. The maximum absolute atomic E-state index is 13.1. The average Bonchev–Trinajstić information content (AvgIpc) is 3.74. The number of nitrogens with zero attached hydrogens (tertiary/aromatic N) is 3. The standard InChI is InChI=1S/C27H30N4O3.C17H20N2O3/c1-31-24-9-5-2-6-20(24)15-25(31)27(34)30-23-8-4-3-7-22(23)26(33)29-21(16-28)14-18-10-12-19(17-32)13-11-18;1-19-14-9-5-2-6-11(14)10-15(19)16(20)18-13-8-4-3-7-12(13)17(21)22/h2,5-6,9-13,15,21-23,32H,3-4,7-8,14,17H2,1H3,(H,29,33)(H,30,34);2,5-6,9-10,12-13H,3-4,7-8H2,1H3,(H,18,20)(H,21,22)/t21?,22-,23+;12-,13+/m11/s1. The molecule has 2 aliphatic rings. The zero-order valence-electron chi connectivity index (χ0n) is 31.9. The van der Waals surface area contributed by atoms with Gasteiger partial charge < -0.3 is 35.3 Å². The highest BCUT2D eigenvalue weighted by atomic mass is 16.4. The summed E-state index contributed by atoms with van der Waals surface area (Å²) < 4.78 is 3.72. The molecule has 0 bridgehead atoms. The summed E-state index contributed by atoms with van der Waals surface area (Å²) in [6, 6.07) is 27.7. The first kappa shape index (κ1) is 39.8. The van der Waals surface area contributed by atoms with Gasteiger partial charge in [0, 0.05) is 54.4 Å². The van der Waals surface area contributed by atoms with Gasteiger partial charge in [0.1, 0.15) is 17.4 Å². The summed E-state index contributed by atoms with van der Waals surface area (Å²) in [5.41, 5.74) is 4.81. The van der Waals surface area contributed by atoms with Crippen molar-refractivity contribution in [1.82, 2.24) is 25.1 Å². The number of para-hydroxylation sites is 2. The van der Waals surface area contributed by atoms with Crippen LogP contribution < -0.4 is 16.0 Å². The van der Waals surface area contributed by atoms with Crippen molar-refractivity contribution in [2.24, 2.45) is 25.9 Å². The fourth-order valence-corrected chi connectivity index (χ4v) is 8.14. The molecule has 2 aromatic heterocycles. The maximum Gasteiger partial charge on any atom is 0.308 e. The van der Waals surface area contributed by atoms with Crippen LogP contribution in [0.4, 0.5) is 0 Å². The Balaban J connectivity index is 0.000000208. The van der Waals surface area contributed by atoms with Crippen LogP contribution in [0.15, 0.2) is 84.9 Å². The number of benzene rings is 3. The molecule has 0 radical (unpaired) electrons. The van der Waals surface area contributed by atoms with Crippen molar-refractivity contribution in [2.45, 2.75) is 82.5 Å². The molecule has 7 rings (SSSR count). The minimum atomic E-state index is -0.818. The number of amides is 3. The lowest BCUT2D eigenvalue weighted by atomic mass is 9.83. The number of nitriles is 1. The van der Waals surface area contributed by atoms with Crippen LogP contribution in [0.3, 0.4) is 0 Å². The summed E-state index contributed by atoms with van der Waals surface area (Å²) in [5.74, 6) is -2.25. The second-order valence-electron chi connectivity index (χ2n) is 14.9. The Morgan fingerprint density at radius 2 is 1.18 bits per heavy atom. The van der Waals surface area contributed by atoms with E-state index in [1.54, 1.807) is 0 Å². The van der Waals surface area contributed by atoms with E-state index in [4.69, 9.17) is 0 Å². The number of carbonyl (C=O) groups excluding carboxylic acids is 3. The van der Waals surface area contributed by atoms with Gasteiger partial charge in [-0.25, -0.2) is 0 Å². The Morgan fingerprint density at radius 3 is 1.66 bits per heavy atom. The van der Waals surface area contributed by atoms with Gasteiger partial charge in [-0.2, -0.15) is 5.26 Å². The number of aliphatic hydroxyl groups excluding tert-OH is 1. The highest BCUT2D eigenvalue weighted by molar-refractivity contribution is 6.00. The molecule has 0 spiro atoms. The summed E-state index contributed by atoms with van der Waals surface area (Å²) >= 11 is 0. The Hall–Kier alpha value is -5.93. The van der Waals surface area contributed by atoms with Gasteiger partial charge in [0.05, 0.1) is 24.5 Å². The first-order valence-electron chi connectivity index (χ1n) is 19.4. The smallest absolute Gasteiger partial charge is 0.308 e. The first-order valence-corrected chi connectivity index (χ1v) is 19.4. The molecule has 1 unspecified atom stereocenters. The summed E-state index contributed by atoms with van der Waals surface area (Å²) in [4.78, 5) is 50.1. The van der Waals surface area contributed by atoms with Crippen molar-refractivity contribution in [3.8, 4) is 6.07 Å². The average molecular weight is 759 g/mol. The predicted molar refractivity (Wildman–Crippen MR) is 214 cm³/mol. The molecule has 12 nitrogen and oxygen atoms in total. The number of hydrogen-bond acceptors (Lipinski definition) is 6. The van der Waals surface area contributed by atoms with Crippen LogP contribution in [-0.2, 0) is 36.7 Å². The van der Waals surface area contributed by atoms with Crippen molar-refractivity contribution in [3.05, 3.63) is 107 Å². The van der Waals surface area contributed by atoms with E-state index in [0.717, 1.165) is 71.5 Å². The fourth-order valence-electron chi connectivity index (χ4n) is 8.14. The number of hydrogen-bond donors (Lipinski definition) is 5. The minimum Gasteiger partial charge on any atom is -0.481 e. The van der Waals surface area contributed by atoms with Gasteiger partial charge >= 0.3 is 5.97 Å². The number of carboxylic acids is 1. The van der Waals surface area contributed by atoms with E-state index in [0.29, 0.717) is 30.7 Å². The van der Waals surface area contributed by atoms with Gasteiger partial charge in [-0.1, -0.05) is 86.3 Å². The molecule has 0 saturated heterocycles. The van der Waals surface area contributed by atoms with Crippen LogP contribution in [0.5, 0.6) is 0 Å². The molecule has 12 heteroatoms. The number of aliphatic carboxylic acids is 1. The number of carboxylic acid groups (broad SMARTS) is 1. The van der Waals surface area contributed by atoms with Crippen molar-refractivity contribution < 1.29 is 29.4 Å². The molecule has 5 atom stereocenters. The van der Waals surface area contributed by atoms with E-state index in [2.05, 4.69) is 22.0 Å². The van der Waals surface area contributed by atoms with Gasteiger partial charge in [0.2, 0.25) is 5.91 Å². The Kier molecular flexibility index (Phi) is 12.9. The molecular weight excluding hydrogens is 709 g/mol. The van der Waals surface area contributed by atoms with Crippen molar-refractivity contribution in [2.75, 3.05) is 0 Å². The van der Waals surface area contributed by atoms with E-state index < -0.39 is 17.9 Å². The Labute approximate surface area is 326 Å². The molecule has 292 valence electrons. The van der Waals surface area contributed by atoms with E-state index in [-0.39, 0.29) is 42.3 Å². The van der Waals surface area contributed by atoms with Gasteiger partial charge in [0.15, 0.2) is 0 Å². The number of aryl methyl sites for hydroxylation is 2. The zero-order chi connectivity index (χ0) is 39.8. The van der Waals surface area contributed by atoms with Crippen LogP contribution in [0.25, 0.3) is 21.8 Å². The van der Waals surface area contributed by atoms with E-state index in [9.17, 15) is 34.7 Å². The summed E-state index contributed by atoms with van der Waals surface area (Å²) in [6.45, 7) is -0.0355. The highest BCUT2D eigenvalue weighted by Crippen LogP contribution is 2.28. The number of aliphatic hydroxyl groups is 1. The molecule has 3 amide bonds. The quantitative estimate of drug-likeness (QED) is 0.120. The Bertz CT molecular complexity index is 2230. The van der Waals surface area contributed by atoms with Crippen molar-refractivity contribution >= 4 is 45.5 Å². The monoisotopic (exact) mass is 758 g/mol. The number of nitrogens with one attached hydrogen (secondary N) is 3. The fraction of sp³-hybridized carbons (Fsp3) is 0.386. The maximum atomic E-state index is 13.1.